The topological polar surface area (TPSA) is 125 Å². The second-order valence-electron chi connectivity index (χ2n) is 6.69. The zero-order valence-electron chi connectivity index (χ0n) is 17.1. The van der Waals surface area contributed by atoms with Crippen LogP contribution in [0.3, 0.4) is 0 Å². The normalized spacial score (nSPS) is 13.2. The standard InChI is InChI=1S/C21H22N6O2.2ClH/c1-28-18-9-6-12(10-19(18)29-2)17-11-27(21(24)25-17)26-16-8-7-13-14(16)4-3-5-15(13)20(22)23;;/h3-6,9-11H,7-8H2,1-2H3,(H3,22,23)(H2,24,25);2*1H. The van der Waals surface area contributed by atoms with Crippen molar-refractivity contribution in [2.45, 2.75) is 12.8 Å². The maximum Gasteiger partial charge on any atom is 0.221 e. The van der Waals surface area contributed by atoms with Crippen LogP contribution in [0.25, 0.3) is 11.3 Å². The van der Waals surface area contributed by atoms with Crippen LogP contribution in [-0.2, 0) is 6.42 Å². The maximum absolute atomic E-state index is 7.77. The summed E-state index contributed by atoms with van der Waals surface area (Å²) in [6.07, 6.45) is 3.33. The number of benzene rings is 2. The van der Waals surface area contributed by atoms with Crippen molar-refractivity contribution in [3.05, 3.63) is 59.3 Å². The summed E-state index contributed by atoms with van der Waals surface area (Å²) in [5, 5.41) is 12.5. The summed E-state index contributed by atoms with van der Waals surface area (Å²) < 4.78 is 12.2. The van der Waals surface area contributed by atoms with Crippen LogP contribution in [0, 0.1) is 5.41 Å². The molecule has 2 aromatic carbocycles. The van der Waals surface area contributed by atoms with E-state index in [-0.39, 0.29) is 30.6 Å². The Morgan fingerprint density at radius 1 is 1.10 bits per heavy atom. The number of hydrogen-bond donors (Lipinski definition) is 3. The molecule has 3 aromatic rings. The molecule has 0 radical (unpaired) electrons. The Balaban J connectivity index is 0.00000171. The summed E-state index contributed by atoms with van der Waals surface area (Å²) in [5.74, 6) is 1.62. The zero-order valence-corrected chi connectivity index (χ0v) is 18.7. The van der Waals surface area contributed by atoms with Gasteiger partial charge in [-0.1, -0.05) is 18.2 Å². The summed E-state index contributed by atoms with van der Waals surface area (Å²) in [5.41, 5.74) is 17.1. The van der Waals surface area contributed by atoms with E-state index in [0.717, 1.165) is 40.8 Å². The number of hydrogen-bond acceptors (Lipinski definition) is 6. The van der Waals surface area contributed by atoms with Gasteiger partial charge in [-0.3, -0.25) is 5.41 Å². The van der Waals surface area contributed by atoms with Gasteiger partial charge in [0.15, 0.2) is 11.5 Å². The molecule has 31 heavy (non-hydrogen) atoms. The minimum absolute atomic E-state index is 0. The van der Waals surface area contributed by atoms with Crippen LogP contribution < -0.4 is 20.9 Å². The van der Waals surface area contributed by atoms with E-state index in [1.807, 2.05) is 36.4 Å². The first-order valence-corrected chi connectivity index (χ1v) is 9.13. The van der Waals surface area contributed by atoms with Crippen molar-refractivity contribution in [3.8, 4) is 22.8 Å². The van der Waals surface area contributed by atoms with Crippen LogP contribution in [0.1, 0.15) is 23.1 Å². The minimum Gasteiger partial charge on any atom is -0.493 e. The highest BCUT2D eigenvalue weighted by atomic mass is 35.5. The average Bonchev–Trinajstić information content (AvgIpc) is 3.31. The molecule has 1 aliphatic carbocycles. The van der Waals surface area contributed by atoms with Gasteiger partial charge < -0.3 is 20.9 Å². The van der Waals surface area contributed by atoms with Crippen molar-refractivity contribution in [1.82, 2.24) is 9.66 Å². The van der Waals surface area contributed by atoms with Crippen LogP contribution in [0.15, 0.2) is 47.7 Å². The molecule has 5 N–H and O–H groups in total. The molecule has 0 atom stereocenters. The number of rotatable bonds is 5. The van der Waals surface area contributed by atoms with Crippen LogP contribution in [0.4, 0.5) is 5.95 Å². The van der Waals surface area contributed by atoms with Gasteiger partial charge in [0.25, 0.3) is 0 Å². The number of nitrogens with one attached hydrogen (secondary N) is 1. The van der Waals surface area contributed by atoms with Gasteiger partial charge in [-0.05, 0) is 36.6 Å². The van der Waals surface area contributed by atoms with E-state index < -0.39 is 0 Å². The molecule has 1 aromatic heterocycles. The van der Waals surface area contributed by atoms with Crippen molar-refractivity contribution in [1.29, 1.82) is 5.41 Å². The van der Waals surface area contributed by atoms with E-state index in [0.29, 0.717) is 23.1 Å². The molecule has 0 spiro atoms. The molecule has 164 valence electrons. The van der Waals surface area contributed by atoms with E-state index in [4.69, 9.17) is 31.5 Å². The van der Waals surface area contributed by atoms with Gasteiger partial charge in [-0.2, -0.15) is 5.10 Å². The molecule has 4 rings (SSSR count). The lowest BCUT2D eigenvalue weighted by atomic mass is 10.0. The maximum atomic E-state index is 7.77. The lowest BCUT2D eigenvalue weighted by Gasteiger charge is -2.08. The molecule has 1 aliphatic rings. The molecular formula is C21H24Cl2N6O2. The number of amidine groups is 1. The molecule has 8 nitrogen and oxygen atoms in total. The third-order valence-electron chi connectivity index (χ3n) is 5.01. The fourth-order valence-corrected chi connectivity index (χ4v) is 3.59. The van der Waals surface area contributed by atoms with Crippen molar-refractivity contribution in [3.63, 3.8) is 0 Å². The first-order chi connectivity index (χ1) is 14.0. The molecule has 0 amide bonds. The number of fused-ring (bicyclic) bond motifs is 1. The quantitative estimate of drug-likeness (QED) is 0.395. The Bertz CT molecular complexity index is 1140. The summed E-state index contributed by atoms with van der Waals surface area (Å²) in [4.78, 5) is 4.44. The number of nitrogen functional groups attached to an aromatic ring is 2. The molecule has 0 saturated heterocycles. The van der Waals surface area contributed by atoms with E-state index in [9.17, 15) is 0 Å². The van der Waals surface area contributed by atoms with Crippen molar-refractivity contribution >= 4 is 42.3 Å². The SMILES string of the molecule is COc1ccc(-c2cn(N=C3CCc4c(C(=N)N)cccc43)c(N)n2)cc1OC.Cl.Cl. The second kappa shape index (κ2) is 9.72. The monoisotopic (exact) mass is 462 g/mol. The first-order valence-electron chi connectivity index (χ1n) is 9.13. The number of halogens is 2. The highest BCUT2D eigenvalue weighted by molar-refractivity contribution is 6.08. The largest absolute Gasteiger partial charge is 0.493 e. The highest BCUT2D eigenvalue weighted by Gasteiger charge is 2.22. The molecule has 0 saturated carbocycles. The zero-order chi connectivity index (χ0) is 20.5. The van der Waals surface area contributed by atoms with Crippen LogP contribution in [0.2, 0.25) is 0 Å². The molecule has 0 bridgehead atoms. The van der Waals surface area contributed by atoms with Crippen molar-refractivity contribution < 1.29 is 9.47 Å². The Hall–Kier alpha value is -3.23. The Labute approximate surface area is 192 Å². The van der Waals surface area contributed by atoms with E-state index in [1.165, 1.54) is 0 Å². The summed E-state index contributed by atoms with van der Waals surface area (Å²) in [7, 11) is 3.19. The van der Waals surface area contributed by atoms with Gasteiger partial charge >= 0.3 is 0 Å². The number of imidazole rings is 1. The van der Waals surface area contributed by atoms with Crippen LogP contribution >= 0.6 is 24.8 Å². The number of anilines is 1. The summed E-state index contributed by atoms with van der Waals surface area (Å²) in [6, 6.07) is 11.3. The number of aromatic nitrogens is 2. The number of ether oxygens (including phenoxy) is 2. The van der Waals surface area contributed by atoms with Crippen LogP contribution in [-0.4, -0.2) is 35.4 Å². The predicted molar refractivity (Wildman–Crippen MR) is 127 cm³/mol. The summed E-state index contributed by atoms with van der Waals surface area (Å²) in [6.45, 7) is 0. The third kappa shape index (κ3) is 4.45. The van der Waals surface area contributed by atoms with Gasteiger partial charge in [0, 0.05) is 16.7 Å². The lowest BCUT2D eigenvalue weighted by Crippen LogP contribution is -2.13. The van der Waals surface area contributed by atoms with Crippen LogP contribution in [0.5, 0.6) is 11.5 Å². The van der Waals surface area contributed by atoms with Gasteiger partial charge in [0.2, 0.25) is 5.95 Å². The van der Waals surface area contributed by atoms with Gasteiger partial charge in [-0.25, -0.2) is 9.66 Å². The highest BCUT2D eigenvalue weighted by Crippen LogP contribution is 2.32. The fraction of sp³-hybridized carbons (Fsp3) is 0.190. The number of nitrogens with two attached hydrogens (primary N) is 2. The number of nitrogens with zero attached hydrogens (tertiary/aromatic N) is 3. The first kappa shape index (κ1) is 24.0. The number of methoxy groups -OCH3 is 2. The molecule has 0 fully saturated rings. The summed E-state index contributed by atoms with van der Waals surface area (Å²) >= 11 is 0. The molecule has 0 aliphatic heterocycles. The minimum atomic E-state index is 0. The Morgan fingerprint density at radius 2 is 1.84 bits per heavy atom. The van der Waals surface area contributed by atoms with E-state index in [2.05, 4.69) is 4.98 Å². The third-order valence-corrected chi connectivity index (χ3v) is 5.01. The average molecular weight is 463 g/mol. The van der Waals surface area contributed by atoms with Crippen molar-refractivity contribution in [2.24, 2.45) is 10.8 Å². The molecular weight excluding hydrogens is 439 g/mol. The molecule has 10 heteroatoms. The van der Waals surface area contributed by atoms with Gasteiger partial charge in [0.05, 0.1) is 31.8 Å². The molecule has 0 unspecified atom stereocenters. The van der Waals surface area contributed by atoms with E-state index in [1.54, 1.807) is 25.1 Å². The lowest BCUT2D eigenvalue weighted by molar-refractivity contribution is 0.355. The fourth-order valence-electron chi connectivity index (χ4n) is 3.59. The molecule has 1 heterocycles. The Morgan fingerprint density at radius 3 is 2.52 bits per heavy atom. The van der Waals surface area contributed by atoms with Crippen molar-refractivity contribution in [2.75, 3.05) is 20.0 Å². The Kier molecular flexibility index (Phi) is 7.54. The second-order valence-corrected chi connectivity index (χ2v) is 6.69. The van der Waals surface area contributed by atoms with E-state index >= 15 is 0 Å². The van der Waals surface area contributed by atoms with Gasteiger partial charge in [0.1, 0.15) is 5.84 Å². The van der Waals surface area contributed by atoms with Gasteiger partial charge in [-0.15, -0.1) is 24.8 Å². The predicted octanol–water partition coefficient (Wildman–Crippen LogP) is 3.48. The smallest absolute Gasteiger partial charge is 0.221 e.